The van der Waals surface area contributed by atoms with Crippen molar-refractivity contribution in [2.24, 2.45) is 0 Å². The molecular formula is C21H23NO4. The van der Waals surface area contributed by atoms with Crippen molar-refractivity contribution in [1.29, 1.82) is 0 Å². The number of methoxy groups -OCH3 is 1. The largest absolute Gasteiger partial charge is 0.497 e. The van der Waals surface area contributed by atoms with Crippen LogP contribution in [-0.2, 0) is 11.2 Å². The minimum absolute atomic E-state index is 0.0257. The molecule has 1 spiro atoms. The lowest BCUT2D eigenvalue weighted by Crippen LogP contribution is -2.34. The maximum absolute atomic E-state index is 12.3. The van der Waals surface area contributed by atoms with Crippen LogP contribution in [0.4, 0.5) is 5.69 Å². The van der Waals surface area contributed by atoms with Gasteiger partial charge in [0, 0.05) is 31.0 Å². The maximum atomic E-state index is 12.3. The highest BCUT2D eigenvalue weighted by atomic mass is 16.7. The Kier molecular flexibility index (Phi) is 4.45. The van der Waals surface area contributed by atoms with E-state index in [0.717, 1.165) is 54.2 Å². The Balaban J connectivity index is 1.35. The number of hydrogen-bond acceptors (Lipinski definition) is 4. The van der Waals surface area contributed by atoms with Crippen LogP contribution >= 0.6 is 0 Å². The van der Waals surface area contributed by atoms with Gasteiger partial charge in [-0.1, -0.05) is 12.1 Å². The molecule has 1 aliphatic carbocycles. The second kappa shape index (κ2) is 6.90. The van der Waals surface area contributed by atoms with Crippen LogP contribution in [0.2, 0.25) is 0 Å². The van der Waals surface area contributed by atoms with Crippen LogP contribution in [0.3, 0.4) is 0 Å². The van der Waals surface area contributed by atoms with Crippen molar-refractivity contribution in [1.82, 2.24) is 0 Å². The van der Waals surface area contributed by atoms with E-state index in [1.807, 2.05) is 42.5 Å². The van der Waals surface area contributed by atoms with Crippen molar-refractivity contribution in [2.45, 2.75) is 44.3 Å². The molecule has 5 nitrogen and oxygen atoms in total. The molecule has 2 aromatic rings. The fourth-order valence-electron chi connectivity index (χ4n) is 3.60. The Bertz CT molecular complexity index is 811. The number of benzene rings is 2. The van der Waals surface area contributed by atoms with E-state index in [2.05, 4.69) is 5.32 Å². The summed E-state index contributed by atoms with van der Waals surface area (Å²) in [5, 5.41) is 2.94. The Morgan fingerprint density at radius 3 is 2.73 bits per heavy atom. The molecule has 1 N–H and O–H groups in total. The number of nitrogens with one attached hydrogen (secondary N) is 1. The Hall–Kier alpha value is -2.69. The predicted molar refractivity (Wildman–Crippen MR) is 98.8 cm³/mol. The molecule has 136 valence electrons. The van der Waals surface area contributed by atoms with Crippen molar-refractivity contribution in [2.75, 3.05) is 12.4 Å². The molecule has 0 radical (unpaired) electrons. The standard InChI is InChI=1S/C21H23NO4/c1-24-17-6-4-5-15(13-17)7-10-20(23)22-16-8-9-18-19(14-16)26-21(25-18)11-2-3-12-21/h4-6,8-9,13-14H,2-3,7,10-12H2,1H3,(H,22,23). The molecule has 1 heterocycles. The van der Waals surface area contributed by atoms with E-state index in [1.165, 1.54) is 0 Å². The van der Waals surface area contributed by atoms with Gasteiger partial charge in [0.2, 0.25) is 5.91 Å². The van der Waals surface area contributed by atoms with Crippen LogP contribution < -0.4 is 19.5 Å². The third-order valence-electron chi connectivity index (χ3n) is 4.96. The number of carbonyl (C=O) groups excluding carboxylic acids is 1. The SMILES string of the molecule is COc1cccc(CCC(=O)Nc2ccc3c(c2)OC2(CCCC2)O3)c1. The van der Waals surface area contributed by atoms with Crippen molar-refractivity contribution in [3.8, 4) is 17.2 Å². The Morgan fingerprint density at radius 2 is 1.92 bits per heavy atom. The molecule has 0 bridgehead atoms. The first-order valence-electron chi connectivity index (χ1n) is 9.11. The molecule has 1 aliphatic heterocycles. The number of ether oxygens (including phenoxy) is 3. The third kappa shape index (κ3) is 3.47. The lowest BCUT2D eigenvalue weighted by Gasteiger charge is -2.21. The average molecular weight is 353 g/mol. The van der Waals surface area contributed by atoms with Gasteiger partial charge in [0.05, 0.1) is 7.11 Å². The van der Waals surface area contributed by atoms with E-state index >= 15 is 0 Å². The summed E-state index contributed by atoms with van der Waals surface area (Å²) in [7, 11) is 1.64. The number of amides is 1. The highest BCUT2D eigenvalue weighted by molar-refractivity contribution is 5.91. The molecular weight excluding hydrogens is 330 g/mol. The zero-order chi connectivity index (χ0) is 18.0. The van der Waals surface area contributed by atoms with Crippen LogP contribution in [-0.4, -0.2) is 18.8 Å². The molecule has 1 amide bonds. The van der Waals surface area contributed by atoms with E-state index in [4.69, 9.17) is 14.2 Å². The smallest absolute Gasteiger partial charge is 0.251 e. The molecule has 0 saturated heterocycles. The first-order chi connectivity index (χ1) is 12.7. The van der Waals surface area contributed by atoms with Gasteiger partial charge in [-0.25, -0.2) is 0 Å². The number of anilines is 1. The second-order valence-corrected chi connectivity index (χ2v) is 6.88. The average Bonchev–Trinajstić information content (AvgIpc) is 3.26. The van der Waals surface area contributed by atoms with Crippen LogP contribution in [0.5, 0.6) is 17.2 Å². The van der Waals surface area contributed by atoms with Crippen LogP contribution in [0.15, 0.2) is 42.5 Å². The summed E-state index contributed by atoms with van der Waals surface area (Å²) in [4.78, 5) is 12.3. The minimum atomic E-state index is -0.475. The topological polar surface area (TPSA) is 56.8 Å². The van der Waals surface area contributed by atoms with Crippen LogP contribution in [0.1, 0.15) is 37.7 Å². The number of rotatable bonds is 5. The molecule has 2 aliphatic rings. The molecule has 1 saturated carbocycles. The van der Waals surface area contributed by atoms with Gasteiger partial charge in [0.1, 0.15) is 5.75 Å². The molecule has 2 aromatic carbocycles. The molecule has 1 fully saturated rings. The highest BCUT2D eigenvalue weighted by Crippen LogP contribution is 2.47. The zero-order valence-corrected chi connectivity index (χ0v) is 14.9. The summed E-state index contributed by atoms with van der Waals surface area (Å²) < 4.78 is 17.3. The van der Waals surface area contributed by atoms with E-state index in [1.54, 1.807) is 7.11 Å². The quantitative estimate of drug-likeness (QED) is 0.870. The highest BCUT2D eigenvalue weighted by Gasteiger charge is 2.44. The molecule has 4 rings (SSSR count). The fraction of sp³-hybridized carbons (Fsp3) is 0.381. The van der Waals surface area contributed by atoms with Crippen LogP contribution in [0, 0.1) is 0 Å². The zero-order valence-electron chi connectivity index (χ0n) is 14.9. The Morgan fingerprint density at radius 1 is 1.12 bits per heavy atom. The molecule has 0 atom stereocenters. The third-order valence-corrected chi connectivity index (χ3v) is 4.96. The lowest BCUT2D eigenvalue weighted by atomic mass is 10.1. The maximum Gasteiger partial charge on any atom is 0.251 e. The predicted octanol–water partition coefficient (Wildman–Crippen LogP) is 4.31. The minimum Gasteiger partial charge on any atom is -0.497 e. The van der Waals surface area contributed by atoms with Gasteiger partial charge in [-0.15, -0.1) is 0 Å². The van der Waals surface area contributed by atoms with Crippen molar-refractivity contribution >= 4 is 11.6 Å². The van der Waals surface area contributed by atoms with Gasteiger partial charge >= 0.3 is 0 Å². The number of aryl methyl sites for hydroxylation is 1. The van der Waals surface area contributed by atoms with E-state index in [0.29, 0.717) is 12.8 Å². The summed E-state index contributed by atoms with van der Waals surface area (Å²) >= 11 is 0. The summed E-state index contributed by atoms with van der Waals surface area (Å²) in [6.45, 7) is 0. The fourth-order valence-corrected chi connectivity index (χ4v) is 3.60. The normalized spacial score (nSPS) is 16.7. The van der Waals surface area contributed by atoms with Gasteiger partial charge in [0.15, 0.2) is 11.5 Å². The molecule has 0 unspecified atom stereocenters. The van der Waals surface area contributed by atoms with Gasteiger partial charge in [-0.05, 0) is 49.1 Å². The summed E-state index contributed by atoms with van der Waals surface area (Å²) in [5.41, 5.74) is 1.81. The van der Waals surface area contributed by atoms with E-state index in [-0.39, 0.29) is 5.91 Å². The van der Waals surface area contributed by atoms with E-state index < -0.39 is 5.79 Å². The summed E-state index contributed by atoms with van der Waals surface area (Å²) in [5.74, 6) is 1.79. The van der Waals surface area contributed by atoms with Gasteiger partial charge < -0.3 is 19.5 Å². The summed E-state index contributed by atoms with van der Waals surface area (Å²) in [6, 6.07) is 13.4. The number of hydrogen-bond donors (Lipinski definition) is 1. The monoisotopic (exact) mass is 353 g/mol. The second-order valence-electron chi connectivity index (χ2n) is 6.88. The molecule has 0 aromatic heterocycles. The van der Waals surface area contributed by atoms with Gasteiger partial charge in [-0.2, -0.15) is 0 Å². The Labute approximate surface area is 153 Å². The molecule has 26 heavy (non-hydrogen) atoms. The van der Waals surface area contributed by atoms with Crippen molar-refractivity contribution in [3.63, 3.8) is 0 Å². The van der Waals surface area contributed by atoms with Crippen LogP contribution in [0.25, 0.3) is 0 Å². The van der Waals surface area contributed by atoms with Crippen molar-refractivity contribution in [3.05, 3.63) is 48.0 Å². The van der Waals surface area contributed by atoms with Gasteiger partial charge in [0.25, 0.3) is 5.79 Å². The number of carbonyl (C=O) groups is 1. The number of fused-ring (bicyclic) bond motifs is 1. The first-order valence-corrected chi connectivity index (χ1v) is 9.11. The van der Waals surface area contributed by atoms with Gasteiger partial charge in [-0.3, -0.25) is 4.79 Å². The first kappa shape index (κ1) is 16.8. The lowest BCUT2D eigenvalue weighted by molar-refractivity contribution is -0.116. The van der Waals surface area contributed by atoms with E-state index in [9.17, 15) is 4.79 Å². The molecule has 5 heteroatoms. The summed E-state index contributed by atoms with van der Waals surface area (Å²) in [6.07, 6.45) is 5.17. The van der Waals surface area contributed by atoms with Crippen molar-refractivity contribution < 1.29 is 19.0 Å².